The van der Waals surface area contributed by atoms with E-state index in [9.17, 15) is 9.90 Å². The number of methoxy groups -OCH3 is 1. The van der Waals surface area contributed by atoms with Gasteiger partial charge in [0.1, 0.15) is 31.8 Å². The molecule has 0 unspecified atom stereocenters. The molecule has 6 nitrogen and oxygen atoms in total. The van der Waals surface area contributed by atoms with Crippen molar-refractivity contribution in [2.45, 2.75) is 0 Å². The molecule has 0 spiro atoms. The number of carbonyl (C=O) groups excluding carboxylic acids is 1. The van der Waals surface area contributed by atoms with Crippen molar-refractivity contribution in [2.75, 3.05) is 53.4 Å². The van der Waals surface area contributed by atoms with Crippen molar-refractivity contribution < 1.29 is 45.9 Å². The van der Waals surface area contributed by atoms with Crippen molar-refractivity contribution in [1.82, 2.24) is 0 Å². The Balaban J connectivity index is 0.000000218. The zero-order chi connectivity index (χ0) is 37.2. The molecule has 0 amide bonds. The quantitative estimate of drug-likeness (QED) is 0.0751. The van der Waals surface area contributed by atoms with Crippen LogP contribution in [0.1, 0.15) is 0 Å². The third-order valence-corrected chi connectivity index (χ3v) is 13.2. The number of benzene rings is 6. The number of carboxylic acids is 1. The van der Waals surface area contributed by atoms with E-state index in [0.717, 1.165) is 0 Å². The van der Waals surface area contributed by atoms with Gasteiger partial charge in [0, 0.05) is 7.11 Å². The normalized spacial score (nSPS) is 10.4. The first kappa shape index (κ1) is 44.4. The second-order valence-corrected chi connectivity index (χ2v) is 16.6. The van der Waals surface area contributed by atoms with Crippen LogP contribution in [-0.2, 0) is 40.8 Å². The van der Waals surface area contributed by atoms with E-state index in [0.29, 0.717) is 33.0 Å². The van der Waals surface area contributed by atoms with Crippen molar-refractivity contribution in [3.8, 4) is 0 Å². The number of hydrogen-bond acceptors (Lipinski definition) is 6. The Bertz CT molecular complexity index is 1480. The van der Waals surface area contributed by atoms with Crippen LogP contribution in [0.25, 0.3) is 0 Å². The predicted molar refractivity (Wildman–Crippen MR) is 222 cm³/mol. The average molecular weight is 811 g/mol. The Hall–Kier alpha value is -3.99. The zero-order valence-corrected chi connectivity index (χ0v) is 33.5. The van der Waals surface area contributed by atoms with Gasteiger partial charge in [-0.3, -0.25) is 0 Å². The fourth-order valence-electron chi connectivity index (χ4n) is 5.37. The third kappa shape index (κ3) is 16.6. The minimum absolute atomic E-state index is 0. The maximum Gasteiger partial charge on any atom is 1.00 e. The van der Waals surface area contributed by atoms with Crippen LogP contribution in [-0.4, -0.2) is 59.3 Å². The van der Waals surface area contributed by atoms with Crippen LogP contribution in [0.5, 0.6) is 0 Å². The van der Waals surface area contributed by atoms with Gasteiger partial charge in [0.15, 0.2) is 0 Å². The number of hydrogen-bond donors (Lipinski definition) is 0. The molecule has 0 atom stereocenters. The summed E-state index contributed by atoms with van der Waals surface area (Å²) in [7, 11) is -0.149. The largest absolute Gasteiger partial charge is 1.00 e. The molecule has 6 aromatic rings. The number of aliphatic carboxylic acids is 1. The first-order valence-corrected chi connectivity index (χ1v) is 20.7. The minimum Gasteiger partial charge on any atom is -0.548 e. The average Bonchev–Trinajstić information content (AvgIpc) is 3.22. The summed E-state index contributed by atoms with van der Waals surface area (Å²) in [6.45, 7) is 2.25. The maximum absolute atomic E-state index is 9.93. The molecule has 0 radical (unpaired) electrons. The molecule has 0 N–H and O–H groups in total. The molecule has 0 saturated heterocycles. The molecule has 6 aromatic carbocycles. The number of ether oxygens (including phenoxy) is 4. The van der Waals surface area contributed by atoms with Crippen LogP contribution in [0.2, 0.25) is 0 Å². The Morgan fingerprint density at radius 3 is 0.852 bits per heavy atom. The van der Waals surface area contributed by atoms with Crippen molar-refractivity contribution in [3.63, 3.8) is 0 Å². The topological polar surface area (TPSA) is 77.0 Å². The van der Waals surface area contributed by atoms with E-state index in [1.807, 2.05) is 0 Å². The van der Waals surface area contributed by atoms with Gasteiger partial charge in [-0.25, -0.2) is 0 Å². The molecule has 0 saturated carbocycles. The zero-order valence-electron chi connectivity index (χ0n) is 30.5. The van der Waals surface area contributed by atoms with Crippen LogP contribution >= 0.6 is 15.8 Å². The Labute approximate surface area is 333 Å². The third-order valence-electron chi connectivity index (χ3n) is 7.77. The van der Waals surface area contributed by atoms with Crippen LogP contribution in [0.15, 0.2) is 182 Å². The smallest absolute Gasteiger partial charge is 0.548 e. The van der Waals surface area contributed by atoms with Crippen molar-refractivity contribution >= 4 is 53.6 Å². The van der Waals surface area contributed by atoms with E-state index in [4.69, 9.17) is 18.9 Å². The van der Waals surface area contributed by atoms with E-state index in [2.05, 4.69) is 182 Å². The van der Waals surface area contributed by atoms with E-state index in [1.165, 1.54) is 31.8 Å². The molecule has 0 aliphatic carbocycles. The fraction of sp³-hybridized carbons (Fsp3) is 0.178. The van der Waals surface area contributed by atoms with Gasteiger partial charge in [-0.1, -0.05) is 109 Å². The molecule has 9 heteroatoms. The van der Waals surface area contributed by atoms with E-state index >= 15 is 0 Å². The first-order chi connectivity index (χ1) is 26.2. The molecule has 0 bridgehead atoms. The Morgan fingerprint density at radius 2 is 0.630 bits per heavy atom. The van der Waals surface area contributed by atoms with Crippen LogP contribution in [0.3, 0.4) is 0 Å². The summed E-state index contributed by atoms with van der Waals surface area (Å²) in [4.78, 5) is 9.93. The number of rotatable bonds is 17. The van der Waals surface area contributed by atoms with Gasteiger partial charge >= 0.3 is 17.1 Å². The second kappa shape index (κ2) is 27.6. The van der Waals surface area contributed by atoms with Crippen molar-refractivity contribution in [1.29, 1.82) is 0 Å². The predicted octanol–water partition coefficient (Wildman–Crippen LogP) is 4.78. The monoisotopic (exact) mass is 810 g/mol. The van der Waals surface area contributed by atoms with E-state index in [-0.39, 0.29) is 23.7 Å². The summed E-state index contributed by atoms with van der Waals surface area (Å²) in [5, 5.41) is 18.5. The fourth-order valence-corrected chi connectivity index (χ4v) is 10.5. The molecule has 0 fully saturated rings. The summed E-state index contributed by atoms with van der Waals surface area (Å²) in [6, 6.07) is 65.0. The van der Waals surface area contributed by atoms with Crippen molar-refractivity contribution in [3.05, 3.63) is 182 Å². The molecule has 0 heterocycles. The molecule has 0 aromatic heterocycles. The SMILES string of the molecule is COCCOCCOCCOCC(=O)[O-].[Cu+].c1ccc([PH+](c2ccccc2)c2ccccc2)cc1.c1ccc([PH+](c2ccccc2)c2ccccc2)cc1. The van der Waals surface area contributed by atoms with Gasteiger partial charge in [-0.15, -0.1) is 0 Å². The van der Waals surface area contributed by atoms with Crippen LogP contribution < -0.4 is 36.9 Å². The number of carboxylic acid groups (broad SMARTS) is 1. The van der Waals surface area contributed by atoms with Gasteiger partial charge in [0.25, 0.3) is 0 Å². The Morgan fingerprint density at radius 1 is 0.407 bits per heavy atom. The molecule has 0 aliphatic rings. The van der Waals surface area contributed by atoms with E-state index < -0.39 is 28.4 Å². The molecular formula is C45H49CuO6P2+2. The van der Waals surface area contributed by atoms with Gasteiger partial charge < -0.3 is 28.8 Å². The summed E-state index contributed by atoms with van der Waals surface area (Å²) < 4.78 is 19.7. The molecule has 284 valence electrons. The number of carbonyl (C=O) groups is 1. The second-order valence-electron chi connectivity index (χ2n) is 11.6. The first-order valence-electron chi connectivity index (χ1n) is 17.7. The van der Waals surface area contributed by atoms with Crippen LogP contribution in [0, 0.1) is 0 Å². The maximum atomic E-state index is 9.93. The summed E-state index contributed by atoms with van der Waals surface area (Å²) in [5.74, 6) is -1.22. The summed E-state index contributed by atoms with van der Waals surface area (Å²) >= 11 is 0. The van der Waals surface area contributed by atoms with Crippen molar-refractivity contribution in [2.24, 2.45) is 0 Å². The molecule has 0 aliphatic heterocycles. The van der Waals surface area contributed by atoms with Crippen LogP contribution in [0.4, 0.5) is 0 Å². The van der Waals surface area contributed by atoms with E-state index in [1.54, 1.807) is 7.11 Å². The van der Waals surface area contributed by atoms with Gasteiger partial charge in [0.05, 0.1) is 68.1 Å². The molecule has 54 heavy (non-hydrogen) atoms. The standard InChI is InChI=1S/2C18H15P.C9H18O6.Cu/c2*1-4-10-16(11-5-1)19(17-12-6-2-7-13-17)18-14-8-3-9-15-18;1-12-2-3-13-4-5-14-6-7-15-8-9(10)11;/h2*1-15H;2-8H2,1H3,(H,10,11);/q;;;+1/p+1. The summed E-state index contributed by atoms with van der Waals surface area (Å²) in [5.41, 5.74) is 0. The van der Waals surface area contributed by atoms with Gasteiger partial charge in [-0.05, 0) is 72.8 Å². The van der Waals surface area contributed by atoms with Gasteiger partial charge in [0.2, 0.25) is 0 Å². The summed E-state index contributed by atoms with van der Waals surface area (Å²) in [6.07, 6.45) is 0. The molecular weight excluding hydrogens is 762 g/mol. The minimum atomic E-state index is -1.22. The molecule has 6 rings (SSSR count). The Kier molecular flexibility index (Phi) is 22.7. The van der Waals surface area contributed by atoms with Gasteiger partial charge in [-0.2, -0.15) is 0 Å².